The van der Waals surface area contributed by atoms with E-state index in [0.29, 0.717) is 19.7 Å². The molecule has 1 aromatic carbocycles. The van der Waals surface area contributed by atoms with Gasteiger partial charge in [0.1, 0.15) is 0 Å². The molecule has 0 unspecified atom stereocenters. The number of hydrogen-bond acceptors (Lipinski definition) is 3. The van der Waals surface area contributed by atoms with Crippen LogP contribution in [0.25, 0.3) is 0 Å². The molecule has 2 atom stereocenters. The van der Waals surface area contributed by atoms with Gasteiger partial charge in [-0.25, -0.2) is 4.79 Å². The molecule has 1 aliphatic rings. The van der Waals surface area contributed by atoms with Gasteiger partial charge in [0, 0.05) is 32.8 Å². The first-order valence-electron chi connectivity index (χ1n) is 6.88. The minimum absolute atomic E-state index is 0.0996. The van der Waals surface area contributed by atoms with Gasteiger partial charge in [-0.2, -0.15) is 0 Å². The Balaban J connectivity index is 2.05. The highest BCUT2D eigenvalue weighted by atomic mass is 16.5. The van der Waals surface area contributed by atoms with Gasteiger partial charge in [-0.1, -0.05) is 30.3 Å². The summed E-state index contributed by atoms with van der Waals surface area (Å²) in [6, 6.07) is 10.4. The summed E-state index contributed by atoms with van der Waals surface area (Å²) >= 11 is 0. The molecule has 0 aliphatic carbocycles. The quantitative estimate of drug-likeness (QED) is 0.913. The molecule has 2 rings (SSSR count). The van der Waals surface area contributed by atoms with E-state index in [9.17, 15) is 9.90 Å². The zero-order valence-corrected chi connectivity index (χ0v) is 12.0. The van der Waals surface area contributed by atoms with Gasteiger partial charge in [-0.15, -0.1) is 0 Å². The summed E-state index contributed by atoms with van der Waals surface area (Å²) in [5.74, 6) is 0. The summed E-state index contributed by atoms with van der Waals surface area (Å²) in [7, 11) is 1.61. The van der Waals surface area contributed by atoms with Crippen LogP contribution < -0.4 is 0 Å². The molecule has 1 fully saturated rings. The maximum Gasteiger partial charge on any atom is 0.407 e. The fourth-order valence-electron chi connectivity index (χ4n) is 2.71. The fourth-order valence-corrected chi connectivity index (χ4v) is 2.71. The Bertz CT molecular complexity index is 438. The van der Waals surface area contributed by atoms with Crippen molar-refractivity contribution < 1.29 is 14.6 Å². The zero-order valence-electron chi connectivity index (χ0n) is 12.0. The van der Waals surface area contributed by atoms with Gasteiger partial charge in [-0.3, -0.25) is 4.90 Å². The van der Waals surface area contributed by atoms with Crippen molar-refractivity contribution in [1.82, 2.24) is 9.80 Å². The summed E-state index contributed by atoms with van der Waals surface area (Å²) in [6.45, 7) is 4.58. The molecule has 5 nitrogen and oxygen atoms in total. The average molecular weight is 278 g/mol. The third-order valence-electron chi connectivity index (χ3n) is 3.80. The first-order chi connectivity index (χ1) is 9.61. The van der Waals surface area contributed by atoms with Crippen molar-refractivity contribution in [2.45, 2.75) is 25.6 Å². The van der Waals surface area contributed by atoms with Crippen molar-refractivity contribution in [1.29, 1.82) is 0 Å². The fraction of sp³-hybridized carbons (Fsp3) is 0.533. The van der Waals surface area contributed by atoms with Gasteiger partial charge in [0.25, 0.3) is 0 Å². The SMILES string of the molecule is COC[C@@H]1CN(Cc2ccccc2)[C@@H](C)CN1C(=O)O. The molecule has 0 bridgehead atoms. The standard InChI is InChI=1S/C15H22N2O3/c1-12-8-17(15(18)19)14(11-20-2)10-16(12)9-13-6-4-3-5-7-13/h3-7,12,14H,8-11H2,1-2H3,(H,18,19)/t12-,14-/m0/s1. The summed E-state index contributed by atoms with van der Waals surface area (Å²) in [4.78, 5) is 15.1. The van der Waals surface area contributed by atoms with E-state index in [1.54, 1.807) is 7.11 Å². The highest BCUT2D eigenvalue weighted by Crippen LogP contribution is 2.18. The Kier molecular flexibility index (Phi) is 4.98. The molecule has 1 aliphatic heterocycles. The number of carbonyl (C=O) groups is 1. The number of piperazine rings is 1. The monoisotopic (exact) mass is 278 g/mol. The molecular weight excluding hydrogens is 256 g/mol. The van der Waals surface area contributed by atoms with Crippen molar-refractivity contribution in [3.05, 3.63) is 35.9 Å². The molecule has 0 radical (unpaired) electrons. The zero-order chi connectivity index (χ0) is 14.5. The molecule has 110 valence electrons. The van der Waals surface area contributed by atoms with E-state index in [0.717, 1.165) is 6.54 Å². The number of hydrogen-bond donors (Lipinski definition) is 1. The number of methoxy groups -OCH3 is 1. The first kappa shape index (κ1) is 14.8. The van der Waals surface area contributed by atoms with Crippen LogP contribution in [0.2, 0.25) is 0 Å². The second-order valence-corrected chi connectivity index (χ2v) is 5.31. The van der Waals surface area contributed by atoms with Crippen LogP contribution in [0.1, 0.15) is 12.5 Å². The number of nitrogens with zero attached hydrogens (tertiary/aromatic N) is 2. The second-order valence-electron chi connectivity index (χ2n) is 5.31. The largest absolute Gasteiger partial charge is 0.465 e. The predicted octanol–water partition coefficient (Wildman–Crippen LogP) is 1.89. The van der Waals surface area contributed by atoms with Gasteiger partial charge in [0.05, 0.1) is 12.6 Å². The molecule has 1 aromatic rings. The first-order valence-corrected chi connectivity index (χ1v) is 6.88. The lowest BCUT2D eigenvalue weighted by Crippen LogP contribution is -2.59. The van der Waals surface area contributed by atoms with Gasteiger partial charge >= 0.3 is 6.09 Å². The maximum atomic E-state index is 11.3. The highest BCUT2D eigenvalue weighted by Gasteiger charge is 2.34. The van der Waals surface area contributed by atoms with E-state index in [2.05, 4.69) is 24.0 Å². The van der Waals surface area contributed by atoms with E-state index < -0.39 is 6.09 Å². The molecule has 20 heavy (non-hydrogen) atoms. The van der Waals surface area contributed by atoms with Crippen LogP contribution in [-0.4, -0.2) is 59.9 Å². The van der Waals surface area contributed by atoms with Crippen molar-refractivity contribution in [3.63, 3.8) is 0 Å². The van der Waals surface area contributed by atoms with E-state index in [1.165, 1.54) is 10.5 Å². The minimum atomic E-state index is -0.863. The third-order valence-corrected chi connectivity index (χ3v) is 3.80. The van der Waals surface area contributed by atoms with Crippen molar-refractivity contribution >= 4 is 6.09 Å². The van der Waals surface area contributed by atoms with E-state index in [1.807, 2.05) is 18.2 Å². The van der Waals surface area contributed by atoms with Crippen LogP contribution >= 0.6 is 0 Å². The minimum Gasteiger partial charge on any atom is -0.465 e. The predicted molar refractivity (Wildman–Crippen MR) is 76.7 cm³/mol. The molecule has 1 N–H and O–H groups in total. The normalized spacial score (nSPS) is 23.8. The molecule has 0 saturated carbocycles. The number of rotatable bonds is 4. The third kappa shape index (κ3) is 3.49. The number of carboxylic acid groups (broad SMARTS) is 1. The average Bonchev–Trinajstić information content (AvgIpc) is 2.43. The van der Waals surface area contributed by atoms with E-state index in [-0.39, 0.29) is 12.1 Å². The Morgan fingerprint density at radius 2 is 2.05 bits per heavy atom. The summed E-state index contributed by atoms with van der Waals surface area (Å²) < 4.78 is 5.16. The molecule has 1 heterocycles. The van der Waals surface area contributed by atoms with Crippen LogP contribution in [0, 0.1) is 0 Å². The molecule has 1 saturated heterocycles. The number of ether oxygens (including phenoxy) is 1. The van der Waals surface area contributed by atoms with Crippen molar-refractivity contribution in [3.8, 4) is 0 Å². The van der Waals surface area contributed by atoms with Crippen LogP contribution in [0.4, 0.5) is 4.79 Å². The number of benzene rings is 1. The molecule has 5 heteroatoms. The summed E-state index contributed by atoms with van der Waals surface area (Å²) in [6.07, 6.45) is -0.863. The lowest BCUT2D eigenvalue weighted by Gasteiger charge is -2.43. The van der Waals surface area contributed by atoms with Gasteiger partial charge in [-0.05, 0) is 12.5 Å². The van der Waals surface area contributed by atoms with Crippen LogP contribution in [-0.2, 0) is 11.3 Å². The highest BCUT2D eigenvalue weighted by molar-refractivity contribution is 5.65. The Morgan fingerprint density at radius 3 is 2.65 bits per heavy atom. The molecule has 0 spiro atoms. The lowest BCUT2D eigenvalue weighted by atomic mass is 10.1. The molecule has 0 aromatic heterocycles. The number of amides is 1. The summed E-state index contributed by atoms with van der Waals surface area (Å²) in [5.41, 5.74) is 1.25. The Hall–Kier alpha value is -1.59. The lowest BCUT2D eigenvalue weighted by molar-refractivity contribution is 0.00280. The smallest absolute Gasteiger partial charge is 0.407 e. The van der Waals surface area contributed by atoms with Crippen LogP contribution in [0.3, 0.4) is 0 Å². The van der Waals surface area contributed by atoms with Gasteiger partial charge in [0.15, 0.2) is 0 Å². The summed E-state index contributed by atoms with van der Waals surface area (Å²) in [5, 5.41) is 9.28. The van der Waals surface area contributed by atoms with E-state index in [4.69, 9.17) is 4.74 Å². The van der Waals surface area contributed by atoms with Crippen molar-refractivity contribution in [2.24, 2.45) is 0 Å². The van der Waals surface area contributed by atoms with Gasteiger partial charge < -0.3 is 14.7 Å². The maximum absolute atomic E-state index is 11.3. The van der Waals surface area contributed by atoms with E-state index >= 15 is 0 Å². The Labute approximate surface area is 119 Å². The molecule has 1 amide bonds. The second kappa shape index (κ2) is 6.72. The van der Waals surface area contributed by atoms with Crippen LogP contribution in [0.5, 0.6) is 0 Å². The topological polar surface area (TPSA) is 53.0 Å². The molecular formula is C15H22N2O3. The van der Waals surface area contributed by atoms with Gasteiger partial charge in [0.2, 0.25) is 0 Å². The van der Waals surface area contributed by atoms with Crippen molar-refractivity contribution in [2.75, 3.05) is 26.8 Å². The Morgan fingerprint density at radius 1 is 1.35 bits per heavy atom. The van der Waals surface area contributed by atoms with Crippen LogP contribution in [0.15, 0.2) is 30.3 Å².